The van der Waals surface area contributed by atoms with Crippen LogP contribution in [0.15, 0.2) is 24.5 Å². The van der Waals surface area contributed by atoms with Crippen molar-refractivity contribution in [3.8, 4) is 11.1 Å². The summed E-state index contributed by atoms with van der Waals surface area (Å²) >= 11 is 0. The fraction of sp³-hybridized carbons (Fsp3) is 0.391. The Balaban J connectivity index is 1.46. The van der Waals surface area contributed by atoms with Crippen LogP contribution in [0.5, 0.6) is 0 Å². The molecule has 2 unspecified atom stereocenters. The van der Waals surface area contributed by atoms with Crippen LogP contribution in [0.3, 0.4) is 0 Å². The molecule has 1 aromatic carbocycles. The number of nitrogens with zero attached hydrogens (tertiary/aromatic N) is 5. The Morgan fingerprint density at radius 1 is 1.16 bits per heavy atom. The first-order valence-electron chi connectivity index (χ1n) is 10.7. The van der Waals surface area contributed by atoms with E-state index in [1.54, 1.807) is 12.1 Å². The quantitative estimate of drug-likeness (QED) is 0.526. The van der Waals surface area contributed by atoms with Crippen molar-refractivity contribution in [1.29, 1.82) is 0 Å². The van der Waals surface area contributed by atoms with Gasteiger partial charge >= 0.3 is 0 Å². The summed E-state index contributed by atoms with van der Waals surface area (Å²) < 4.78 is 14.4. The smallest absolute Gasteiger partial charge is 0.140 e. The lowest BCUT2D eigenvalue weighted by atomic mass is 10.0. The summed E-state index contributed by atoms with van der Waals surface area (Å²) in [5, 5.41) is 3.14. The van der Waals surface area contributed by atoms with Gasteiger partial charge in [-0.1, -0.05) is 0 Å². The van der Waals surface area contributed by atoms with Crippen LogP contribution in [-0.4, -0.2) is 46.1 Å². The molecule has 7 nitrogen and oxygen atoms in total. The molecule has 0 bridgehead atoms. The van der Waals surface area contributed by atoms with E-state index in [4.69, 9.17) is 15.7 Å². The van der Waals surface area contributed by atoms with Gasteiger partial charge in [-0.05, 0) is 47.6 Å². The van der Waals surface area contributed by atoms with Gasteiger partial charge in [0.25, 0.3) is 0 Å². The molecule has 0 amide bonds. The number of anilines is 2. The van der Waals surface area contributed by atoms with Crippen LogP contribution < -0.4 is 16.0 Å². The zero-order valence-electron chi connectivity index (χ0n) is 17.6. The maximum atomic E-state index is 14.4. The number of fused-ring (bicyclic) bond motifs is 4. The highest BCUT2D eigenvalue weighted by Gasteiger charge is 2.54. The third kappa shape index (κ3) is 2.96. The van der Waals surface area contributed by atoms with Crippen LogP contribution in [0.4, 0.5) is 15.9 Å². The van der Waals surface area contributed by atoms with Gasteiger partial charge in [-0.15, -0.1) is 0 Å². The summed E-state index contributed by atoms with van der Waals surface area (Å²) in [5.41, 5.74) is 11.8. The molecule has 3 N–H and O–H groups in total. The molecule has 1 saturated heterocycles. The number of aromatic nitrogens is 4. The fourth-order valence-electron chi connectivity index (χ4n) is 5.13. The van der Waals surface area contributed by atoms with Crippen LogP contribution in [0.1, 0.15) is 28.5 Å². The summed E-state index contributed by atoms with van der Waals surface area (Å²) in [6, 6.07) is 3.47. The Morgan fingerprint density at radius 2 is 1.90 bits per heavy atom. The van der Waals surface area contributed by atoms with E-state index in [1.807, 2.05) is 26.4 Å². The van der Waals surface area contributed by atoms with Gasteiger partial charge in [0.15, 0.2) is 0 Å². The molecule has 158 valence electrons. The topological polar surface area (TPSA) is 92.8 Å². The van der Waals surface area contributed by atoms with E-state index in [9.17, 15) is 4.39 Å². The first-order valence-corrected chi connectivity index (χ1v) is 10.7. The SMILES string of the molecule is CNc1cc(F)cc2c1Cc1nc(Cc3cnc(C)nc3)nc(N3CC4C(N)C4C3)c1-2. The fourth-order valence-corrected chi connectivity index (χ4v) is 5.13. The van der Waals surface area contributed by atoms with E-state index in [-0.39, 0.29) is 5.82 Å². The van der Waals surface area contributed by atoms with E-state index >= 15 is 0 Å². The number of halogens is 1. The number of piperidine rings is 1. The Bertz CT molecular complexity index is 1180. The first kappa shape index (κ1) is 18.6. The normalized spacial score (nSPS) is 22.8. The number of aryl methyl sites for hydroxylation is 1. The molecule has 3 aliphatic rings. The average molecular weight is 417 g/mol. The van der Waals surface area contributed by atoms with Gasteiger partial charge < -0.3 is 16.0 Å². The van der Waals surface area contributed by atoms with Crippen LogP contribution in [-0.2, 0) is 12.8 Å². The van der Waals surface area contributed by atoms with Crippen molar-refractivity contribution in [2.24, 2.45) is 17.6 Å². The second-order valence-electron chi connectivity index (χ2n) is 8.82. The molecular formula is C23H24FN7. The Labute approximate surface area is 180 Å². The van der Waals surface area contributed by atoms with Crippen LogP contribution in [0.2, 0.25) is 0 Å². The number of benzene rings is 1. The molecule has 2 atom stereocenters. The molecule has 2 fully saturated rings. The van der Waals surface area contributed by atoms with Gasteiger partial charge in [0.1, 0.15) is 23.3 Å². The highest BCUT2D eigenvalue weighted by atomic mass is 19.1. The van der Waals surface area contributed by atoms with Gasteiger partial charge in [-0.3, -0.25) is 0 Å². The van der Waals surface area contributed by atoms with Crippen molar-refractivity contribution in [2.45, 2.75) is 25.8 Å². The van der Waals surface area contributed by atoms with E-state index in [1.165, 1.54) is 0 Å². The molecule has 0 spiro atoms. The molecule has 3 aromatic rings. The Hall–Kier alpha value is -3.13. The van der Waals surface area contributed by atoms with Crippen molar-refractivity contribution >= 4 is 11.5 Å². The minimum atomic E-state index is -0.255. The Kier molecular flexibility index (Phi) is 4.02. The van der Waals surface area contributed by atoms with Crippen LogP contribution >= 0.6 is 0 Å². The van der Waals surface area contributed by atoms with Crippen molar-refractivity contribution in [2.75, 3.05) is 30.4 Å². The molecule has 0 radical (unpaired) electrons. The Morgan fingerprint density at radius 3 is 2.61 bits per heavy atom. The van der Waals surface area contributed by atoms with E-state index in [0.29, 0.717) is 30.7 Å². The molecule has 6 rings (SSSR count). The highest BCUT2D eigenvalue weighted by molar-refractivity contribution is 5.88. The van der Waals surface area contributed by atoms with Gasteiger partial charge in [0, 0.05) is 62.7 Å². The average Bonchev–Trinajstić information content (AvgIpc) is 3.12. The molecule has 1 saturated carbocycles. The summed E-state index contributed by atoms with van der Waals surface area (Å²) in [6.07, 6.45) is 4.87. The monoisotopic (exact) mass is 417 g/mol. The molecule has 2 aliphatic carbocycles. The number of nitrogens with one attached hydrogen (secondary N) is 1. The standard InChI is InChI=1S/C23H24FN7/c1-11-27-7-12(8-28-11)3-20-29-19-6-14-15(4-13(24)5-18(14)26-2)21(19)23(30-20)31-9-16-17(10-31)22(16)25/h4-5,7-8,16-17,22,26H,3,6,9-10,25H2,1-2H3. The van der Waals surface area contributed by atoms with Crippen molar-refractivity contribution in [3.05, 3.63) is 58.8 Å². The van der Waals surface area contributed by atoms with Crippen molar-refractivity contribution < 1.29 is 4.39 Å². The first-order chi connectivity index (χ1) is 15.0. The lowest BCUT2D eigenvalue weighted by molar-refractivity contribution is 0.628. The molecule has 31 heavy (non-hydrogen) atoms. The summed E-state index contributed by atoms with van der Waals surface area (Å²) in [7, 11) is 1.82. The summed E-state index contributed by atoms with van der Waals surface area (Å²) in [5.74, 6) is 3.18. The lowest BCUT2D eigenvalue weighted by Crippen LogP contribution is -2.29. The van der Waals surface area contributed by atoms with Crippen LogP contribution in [0, 0.1) is 24.6 Å². The second kappa shape index (κ2) is 6.68. The zero-order valence-corrected chi connectivity index (χ0v) is 17.6. The van der Waals surface area contributed by atoms with Gasteiger partial charge in [0.2, 0.25) is 0 Å². The number of nitrogens with two attached hydrogens (primary N) is 1. The van der Waals surface area contributed by atoms with E-state index in [2.05, 4.69) is 20.2 Å². The lowest BCUT2D eigenvalue weighted by Gasteiger charge is -2.24. The molecular weight excluding hydrogens is 393 g/mol. The summed E-state index contributed by atoms with van der Waals surface area (Å²) in [4.78, 5) is 20.8. The minimum Gasteiger partial charge on any atom is -0.388 e. The number of hydrogen-bond acceptors (Lipinski definition) is 7. The van der Waals surface area contributed by atoms with Crippen molar-refractivity contribution in [1.82, 2.24) is 19.9 Å². The molecule has 1 aliphatic heterocycles. The van der Waals surface area contributed by atoms with Gasteiger partial charge in [0.05, 0.1) is 5.69 Å². The largest absolute Gasteiger partial charge is 0.388 e. The van der Waals surface area contributed by atoms with E-state index < -0.39 is 0 Å². The van der Waals surface area contributed by atoms with Crippen molar-refractivity contribution in [3.63, 3.8) is 0 Å². The third-order valence-corrected chi connectivity index (χ3v) is 6.87. The number of rotatable bonds is 4. The van der Waals surface area contributed by atoms with Gasteiger partial charge in [-0.25, -0.2) is 24.3 Å². The predicted octanol–water partition coefficient (Wildman–Crippen LogP) is 2.31. The molecule has 3 heterocycles. The third-order valence-electron chi connectivity index (χ3n) is 6.87. The maximum absolute atomic E-state index is 14.4. The molecule has 8 heteroatoms. The molecule has 2 aromatic heterocycles. The van der Waals surface area contributed by atoms with E-state index in [0.717, 1.165) is 64.2 Å². The summed E-state index contributed by atoms with van der Waals surface area (Å²) in [6.45, 7) is 3.66. The second-order valence-corrected chi connectivity index (χ2v) is 8.82. The minimum absolute atomic E-state index is 0.255. The van der Waals surface area contributed by atoms with Crippen LogP contribution in [0.25, 0.3) is 11.1 Å². The maximum Gasteiger partial charge on any atom is 0.140 e. The zero-order chi connectivity index (χ0) is 21.3. The highest BCUT2D eigenvalue weighted by Crippen LogP contribution is 2.49. The number of hydrogen-bond donors (Lipinski definition) is 2. The van der Waals surface area contributed by atoms with Gasteiger partial charge in [-0.2, -0.15) is 0 Å². The predicted molar refractivity (Wildman–Crippen MR) is 117 cm³/mol.